The number of hydrogen-bond acceptors (Lipinski definition) is 3. The third-order valence-electron chi connectivity index (χ3n) is 2.68. The van der Waals surface area contributed by atoms with Crippen molar-refractivity contribution in [1.82, 2.24) is 5.32 Å². The third-order valence-corrected chi connectivity index (χ3v) is 3.31. The molecule has 0 spiro atoms. The number of carbonyl (C=O) groups excluding carboxylic acids is 1. The largest absolute Gasteiger partial charge is 0.450 e. The predicted octanol–water partition coefficient (Wildman–Crippen LogP) is 2.66. The number of amides is 1. The average Bonchev–Trinajstić information content (AvgIpc) is 2.74. The fraction of sp³-hybridized carbons (Fsp3) is 0.308. The van der Waals surface area contributed by atoms with Gasteiger partial charge in [-0.05, 0) is 41.9 Å². The van der Waals surface area contributed by atoms with Gasteiger partial charge in [0.15, 0.2) is 5.76 Å². The van der Waals surface area contributed by atoms with E-state index in [1.54, 1.807) is 6.07 Å². The van der Waals surface area contributed by atoms with Crippen LogP contribution in [0.5, 0.6) is 0 Å². The summed E-state index contributed by atoms with van der Waals surface area (Å²) in [7, 11) is 0. The highest BCUT2D eigenvalue weighted by Gasteiger charge is 2.21. The number of fused-ring (bicyclic) bond motifs is 1. The maximum Gasteiger partial charge on any atom is 0.287 e. The number of halogens is 1. The summed E-state index contributed by atoms with van der Waals surface area (Å²) in [5, 5.41) is 3.72. The van der Waals surface area contributed by atoms with Crippen molar-refractivity contribution in [2.45, 2.75) is 19.4 Å². The summed E-state index contributed by atoms with van der Waals surface area (Å²) in [6.07, 6.45) is 0. The van der Waals surface area contributed by atoms with Gasteiger partial charge in [-0.2, -0.15) is 0 Å². The van der Waals surface area contributed by atoms with Gasteiger partial charge in [0, 0.05) is 17.5 Å². The van der Waals surface area contributed by atoms with Crippen LogP contribution in [0, 0.1) is 0 Å². The fourth-order valence-electron chi connectivity index (χ4n) is 1.56. The Labute approximate surface area is 114 Å². The molecule has 0 saturated carbocycles. The Balaban J connectivity index is 2.32. The van der Waals surface area contributed by atoms with Crippen LogP contribution in [0.4, 0.5) is 0 Å². The van der Waals surface area contributed by atoms with Gasteiger partial charge in [-0.1, -0.05) is 12.1 Å². The van der Waals surface area contributed by atoms with Crippen LogP contribution in [-0.4, -0.2) is 18.0 Å². The van der Waals surface area contributed by atoms with Crippen LogP contribution in [0.2, 0.25) is 0 Å². The zero-order valence-corrected chi connectivity index (χ0v) is 11.9. The smallest absolute Gasteiger partial charge is 0.287 e. The third kappa shape index (κ3) is 2.57. The van der Waals surface area contributed by atoms with E-state index in [0.29, 0.717) is 17.9 Å². The summed E-state index contributed by atoms with van der Waals surface area (Å²) in [6.45, 7) is 4.09. The van der Waals surface area contributed by atoms with Crippen LogP contribution >= 0.6 is 15.9 Å². The minimum Gasteiger partial charge on any atom is -0.450 e. The second-order valence-corrected chi connectivity index (χ2v) is 5.67. The van der Waals surface area contributed by atoms with Gasteiger partial charge in [0.2, 0.25) is 0 Å². The van der Waals surface area contributed by atoms with Crippen molar-refractivity contribution in [3.05, 3.63) is 34.5 Å². The molecule has 2 rings (SSSR count). The van der Waals surface area contributed by atoms with Crippen LogP contribution in [0.15, 0.2) is 33.2 Å². The molecule has 0 aliphatic heterocycles. The first-order chi connectivity index (χ1) is 8.43. The summed E-state index contributed by atoms with van der Waals surface area (Å²) < 4.78 is 6.38. The van der Waals surface area contributed by atoms with Crippen molar-refractivity contribution < 1.29 is 9.21 Å². The van der Waals surface area contributed by atoms with Crippen molar-refractivity contribution in [1.29, 1.82) is 0 Å². The minimum atomic E-state index is -0.451. The molecule has 0 atom stereocenters. The van der Waals surface area contributed by atoms with Crippen LogP contribution in [0.25, 0.3) is 11.0 Å². The van der Waals surface area contributed by atoms with E-state index in [1.165, 1.54) is 0 Å². The summed E-state index contributed by atoms with van der Waals surface area (Å²) in [4.78, 5) is 12.0. The van der Waals surface area contributed by atoms with E-state index in [1.807, 2.05) is 32.0 Å². The monoisotopic (exact) mass is 310 g/mol. The Morgan fingerprint density at radius 3 is 2.83 bits per heavy atom. The molecule has 0 radical (unpaired) electrons. The van der Waals surface area contributed by atoms with Crippen LogP contribution in [0.1, 0.15) is 24.4 Å². The molecule has 1 heterocycles. The molecule has 3 N–H and O–H groups in total. The lowest BCUT2D eigenvalue weighted by Gasteiger charge is -2.23. The van der Waals surface area contributed by atoms with Gasteiger partial charge in [0.1, 0.15) is 5.58 Å². The van der Waals surface area contributed by atoms with Crippen LogP contribution in [0.3, 0.4) is 0 Å². The molecule has 0 saturated heterocycles. The summed E-state index contributed by atoms with van der Waals surface area (Å²) in [6, 6.07) is 7.39. The SMILES string of the molecule is CC(C)(CN)NC(=O)c1cc2cccc(Br)c2o1. The first-order valence-corrected chi connectivity index (χ1v) is 6.43. The van der Waals surface area contributed by atoms with Crippen molar-refractivity contribution in [3.8, 4) is 0 Å². The number of benzene rings is 1. The second kappa shape index (κ2) is 4.74. The molecule has 1 amide bonds. The summed E-state index contributed by atoms with van der Waals surface area (Å²) in [5.74, 6) is 0.0342. The molecule has 5 heteroatoms. The molecule has 0 fully saturated rings. The molecule has 0 aliphatic carbocycles. The quantitative estimate of drug-likeness (QED) is 0.915. The number of nitrogens with two attached hydrogens (primary N) is 1. The van der Waals surface area contributed by atoms with Crippen molar-refractivity contribution in [3.63, 3.8) is 0 Å². The lowest BCUT2D eigenvalue weighted by atomic mass is 10.1. The highest BCUT2D eigenvalue weighted by Crippen LogP contribution is 2.27. The molecule has 2 aromatic rings. The lowest BCUT2D eigenvalue weighted by Crippen LogP contribution is -2.48. The van der Waals surface area contributed by atoms with E-state index in [2.05, 4.69) is 21.2 Å². The molecule has 0 unspecified atom stereocenters. The maximum atomic E-state index is 12.0. The first kappa shape index (κ1) is 13.1. The van der Waals surface area contributed by atoms with Gasteiger partial charge < -0.3 is 15.5 Å². The lowest BCUT2D eigenvalue weighted by molar-refractivity contribution is 0.0889. The second-order valence-electron chi connectivity index (χ2n) is 4.81. The van der Waals surface area contributed by atoms with E-state index < -0.39 is 5.54 Å². The standard InChI is InChI=1S/C13H15BrN2O2/c1-13(2,7-15)16-12(17)10-6-8-4-3-5-9(14)11(8)18-10/h3-6H,7,15H2,1-2H3,(H,16,17). The molecule has 0 aliphatic rings. The molecule has 0 bridgehead atoms. The van der Waals surface area contributed by atoms with E-state index in [4.69, 9.17) is 10.2 Å². The molecule has 18 heavy (non-hydrogen) atoms. The zero-order valence-electron chi connectivity index (χ0n) is 10.3. The highest BCUT2D eigenvalue weighted by molar-refractivity contribution is 9.10. The number of para-hydroxylation sites is 1. The van der Waals surface area contributed by atoms with Gasteiger partial charge in [-0.25, -0.2) is 0 Å². The number of furan rings is 1. The topological polar surface area (TPSA) is 68.3 Å². The van der Waals surface area contributed by atoms with Crippen LogP contribution in [-0.2, 0) is 0 Å². The van der Waals surface area contributed by atoms with Crippen molar-refractivity contribution in [2.75, 3.05) is 6.54 Å². The van der Waals surface area contributed by atoms with Gasteiger partial charge in [-0.3, -0.25) is 4.79 Å². The van der Waals surface area contributed by atoms with E-state index >= 15 is 0 Å². The van der Waals surface area contributed by atoms with E-state index in [9.17, 15) is 4.79 Å². The maximum absolute atomic E-state index is 12.0. The molecule has 1 aromatic heterocycles. The Morgan fingerprint density at radius 2 is 2.22 bits per heavy atom. The summed E-state index contributed by atoms with van der Waals surface area (Å²) in [5.41, 5.74) is 5.80. The zero-order chi connectivity index (χ0) is 13.3. The number of nitrogens with one attached hydrogen (secondary N) is 1. The van der Waals surface area contributed by atoms with Gasteiger partial charge in [0.05, 0.1) is 4.47 Å². The van der Waals surface area contributed by atoms with Gasteiger partial charge in [0.25, 0.3) is 5.91 Å². The Kier molecular flexibility index (Phi) is 3.45. The molecule has 1 aromatic carbocycles. The van der Waals surface area contributed by atoms with Crippen molar-refractivity contribution in [2.24, 2.45) is 5.73 Å². The Bertz CT molecular complexity index is 590. The Hall–Kier alpha value is -1.33. The van der Waals surface area contributed by atoms with Gasteiger partial charge >= 0.3 is 0 Å². The molecular weight excluding hydrogens is 296 g/mol. The normalized spacial score (nSPS) is 11.8. The highest BCUT2D eigenvalue weighted by atomic mass is 79.9. The van der Waals surface area contributed by atoms with Crippen LogP contribution < -0.4 is 11.1 Å². The first-order valence-electron chi connectivity index (χ1n) is 5.63. The van der Waals surface area contributed by atoms with Crippen molar-refractivity contribution >= 4 is 32.8 Å². The fourth-order valence-corrected chi connectivity index (χ4v) is 2.02. The number of hydrogen-bond donors (Lipinski definition) is 2. The van der Waals surface area contributed by atoms with E-state index in [-0.39, 0.29) is 5.91 Å². The Morgan fingerprint density at radius 1 is 1.50 bits per heavy atom. The van der Waals surface area contributed by atoms with E-state index in [0.717, 1.165) is 9.86 Å². The summed E-state index contributed by atoms with van der Waals surface area (Å²) >= 11 is 3.39. The molecule has 96 valence electrons. The number of rotatable bonds is 3. The van der Waals surface area contributed by atoms with Gasteiger partial charge in [-0.15, -0.1) is 0 Å². The average molecular weight is 311 g/mol. The molecule has 4 nitrogen and oxygen atoms in total. The predicted molar refractivity (Wildman–Crippen MR) is 74.5 cm³/mol. The number of carbonyl (C=O) groups is 1. The molecular formula is C13H15BrN2O2. The minimum absolute atomic E-state index is 0.256.